The number of hydrogen-bond acceptors (Lipinski definition) is 4. The second-order valence-corrected chi connectivity index (χ2v) is 6.32. The zero-order valence-corrected chi connectivity index (χ0v) is 13.8. The molecule has 1 aromatic rings. The molecule has 2 saturated heterocycles. The van der Waals surface area contributed by atoms with Crippen molar-refractivity contribution in [3.05, 3.63) is 29.8 Å². The Bertz CT molecular complexity index is 639. The molecule has 2 heterocycles. The van der Waals surface area contributed by atoms with Crippen LogP contribution in [-0.2, 0) is 15.8 Å². The van der Waals surface area contributed by atoms with Gasteiger partial charge in [0.15, 0.2) is 0 Å². The van der Waals surface area contributed by atoms with Gasteiger partial charge in [-0.2, -0.15) is 13.2 Å². The third-order valence-corrected chi connectivity index (χ3v) is 4.71. The molecule has 136 valence electrons. The molecule has 0 atom stereocenters. The molecule has 2 aliphatic heterocycles. The van der Waals surface area contributed by atoms with Gasteiger partial charge >= 0.3 is 6.18 Å². The second-order valence-electron chi connectivity index (χ2n) is 6.32. The Morgan fingerprint density at radius 1 is 0.920 bits per heavy atom. The van der Waals surface area contributed by atoms with E-state index in [1.807, 2.05) is 4.90 Å². The number of rotatable bonds is 4. The van der Waals surface area contributed by atoms with E-state index in [0.29, 0.717) is 57.8 Å². The lowest BCUT2D eigenvalue weighted by molar-refractivity contribution is -0.139. The van der Waals surface area contributed by atoms with E-state index in [4.69, 9.17) is 0 Å². The smallest absolute Gasteiger partial charge is 0.369 e. The summed E-state index contributed by atoms with van der Waals surface area (Å²) in [6.45, 7) is 3.60. The quantitative estimate of drug-likeness (QED) is 0.775. The van der Waals surface area contributed by atoms with Crippen LogP contribution in [0, 0.1) is 0 Å². The molecule has 5 nitrogen and oxygen atoms in total. The Kier molecular flexibility index (Phi) is 4.99. The monoisotopic (exact) mass is 355 g/mol. The van der Waals surface area contributed by atoms with Gasteiger partial charge in [-0.3, -0.25) is 19.4 Å². The summed E-state index contributed by atoms with van der Waals surface area (Å²) in [7, 11) is 0. The molecule has 8 heteroatoms. The molecule has 25 heavy (non-hydrogen) atoms. The van der Waals surface area contributed by atoms with E-state index in [2.05, 4.69) is 4.90 Å². The first-order valence-corrected chi connectivity index (χ1v) is 8.32. The molecule has 0 aromatic heterocycles. The van der Waals surface area contributed by atoms with Gasteiger partial charge in [-0.05, 0) is 18.2 Å². The molecular formula is C17H20F3N3O2. The van der Waals surface area contributed by atoms with Gasteiger partial charge in [-0.25, -0.2) is 0 Å². The van der Waals surface area contributed by atoms with Gasteiger partial charge in [-0.1, -0.05) is 6.07 Å². The molecule has 0 unspecified atom stereocenters. The number of halogens is 3. The first kappa shape index (κ1) is 17.7. The van der Waals surface area contributed by atoms with Crippen molar-refractivity contribution in [1.82, 2.24) is 9.80 Å². The average Bonchev–Trinajstić information content (AvgIpc) is 2.91. The lowest BCUT2D eigenvalue weighted by Crippen LogP contribution is -2.49. The van der Waals surface area contributed by atoms with Crippen molar-refractivity contribution in [2.75, 3.05) is 44.2 Å². The highest BCUT2D eigenvalue weighted by molar-refractivity contribution is 6.01. The fourth-order valence-corrected chi connectivity index (χ4v) is 3.22. The molecule has 1 aromatic carbocycles. The van der Waals surface area contributed by atoms with E-state index >= 15 is 0 Å². The van der Waals surface area contributed by atoms with Crippen molar-refractivity contribution in [2.24, 2.45) is 0 Å². The molecule has 0 spiro atoms. The number of amides is 2. The van der Waals surface area contributed by atoms with Crippen LogP contribution in [0.5, 0.6) is 0 Å². The SMILES string of the molecule is O=C1CCC(=O)N1CCN1CCN(c2cccc(C(F)(F)F)c2)CC1. The van der Waals surface area contributed by atoms with Crippen molar-refractivity contribution < 1.29 is 22.8 Å². The fourth-order valence-electron chi connectivity index (χ4n) is 3.22. The van der Waals surface area contributed by atoms with E-state index in [0.717, 1.165) is 6.07 Å². The predicted octanol–water partition coefficient (Wildman–Crippen LogP) is 1.98. The molecule has 3 rings (SSSR count). The van der Waals surface area contributed by atoms with Crippen LogP contribution in [0.2, 0.25) is 0 Å². The van der Waals surface area contributed by atoms with Gasteiger partial charge < -0.3 is 4.90 Å². The number of piperazine rings is 1. The van der Waals surface area contributed by atoms with E-state index in [1.54, 1.807) is 6.07 Å². The number of hydrogen-bond donors (Lipinski definition) is 0. The molecule has 2 fully saturated rings. The number of alkyl halides is 3. The lowest BCUT2D eigenvalue weighted by Gasteiger charge is -2.36. The molecular weight excluding hydrogens is 335 g/mol. The summed E-state index contributed by atoms with van der Waals surface area (Å²) in [5.41, 5.74) is -0.0714. The summed E-state index contributed by atoms with van der Waals surface area (Å²) in [6, 6.07) is 5.36. The predicted molar refractivity (Wildman–Crippen MR) is 86.1 cm³/mol. The highest BCUT2D eigenvalue weighted by Crippen LogP contribution is 2.31. The summed E-state index contributed by atoms with van der Waals surface area (Å²) >= 11 is 0. The molecule has 0 radical (unpaired) electrons. The van der Waals surface area contributed by atoms with Gasteiger partial charge in [0.05, 0.1) is 5.56 Å². The first-order valence-electron chi connectivity index (χ1n) is 8.32. The van der Waals surface area contributed by atoms with Gasteiger partial charge in [-0.15, -0.1) is 0 Å². The van der Waals surface area contributed by atoms with E-state index < -0.39 is 11.7 Å². The zero-order valence-electron chi connectivity index (χ0n) is 13.8. The third-order valence-electron chi connectivity index (χ3n) is 4.71. The Hall–Kier alpha value is -2.09. The largest absolute Gasteiger partial charge is 0.416 e. The Balaban J connectivity index is 1.52. The van der Waals surface area contributed by atoms with Crippen LogP contribution in [0.25, 0.3) is 0 Å². The minimum absolute atomic E-state index is 0.118. The van der Waals surface area contributed by atoms with Crippen LogP contribution in [0.1, 0.15) is 18.4 Å². The molecule has 0 aliphatic carbocycles. The van der Waals surface area contributed by atoms with Crippen LogP contribution in [0.15, 0.2) is 24.3 Å². The molecule has 0 N–H and O–H groups in total. The number of likely N-dealkylation sites (tertiary alicyclic amines) is 1. The molecule has 2 amide bonds. The summed E-state index contributed by atoms with van der Waals surface area (Å²) < 4.78 is 38.5. The lowest BCUT2D eigenvalue weighted by atomic mass is 10.1. The maximum Gasteiger partial charge on any atom is 0.416 e. The van der Waals surface area contributed by atoms with Crippen LogP contribution in [-0.4, -0.2) is 60.9 Å². The average molecular weight is 355 g/mol. The number of nitrogens with zero attached hydrogens (tertiary/aromatic N) is 3. The van der Waals surface area contributed by atoms with Gasteiger partial charge in [0.2, 0.25) is 11.8 Å². The van der Waals surface area contributed by atoms with E-state index in [9.17, 15) is 22.8 Å². The molecule has 2 aliphatic rings. The number of carbonyl (C=O) groups excluding carboxylic acids is 2. The van der Waals surface area contributed by atoms with E-state index in [1.165, 1.54) is 17.0 Å². The summed E-state index contributed by atoms with van der Waals surface area (Å²) in [5.74, 6) is -0.236. The second kappa shape index (κ2) is 7.03. The summed E-state index contributed by atoms with van der Waals surface area (Å²) in [4.78, 5) is 28.5. The van der Waals surface area contributed by atoms with Crippen molar-refractivity contribution in [2.45, 2.75) is 19.0 Å². The third kappa shape index (κ3) is 4.12. The highest BCUT2D eigenvalue weighted by Gasteiger charge is 2.31. The van der Waals surface area contributed by atoms with E-state index in [-0.39, 0.29) is 11.8 Å². The minimum atomic E-state index is -4.34. The number of anilines is 1. The van der Waals surface area contributed by atoms with Crippen molar-refractivity contribution in [3.63, 3.8) is 0 Å². The van der Waals surface area contributed by atoms with Crippen molar-refractivity contribution in [3.8, 4) is 0 Å². The van der Waals surface area contributed by atoms with Gasteiger partial charge in [0, 0.05) is 57.8 Å². The number of carbonyl (C=O) groups is 2. The maximum atomic E-state index is 12.8. The topological polar surface area (TPSA) is 43.9 Å². The van der Waals surface area contributed by atoms with Gasteiger partial charge in [0.1, 0.15) is 0 Å². The van der Waals surface area contributed by atoms with Crippen LogP contribution in [0.3, 0.4) is 0 Å². The first-order chi connectivity index (χ1) is 11.8. The normalized spacial score (nSPS) is 19.8. The maximum absolute atomic E-state index is 12.8. The van der Waals surface area contributed by atoms with Crippen molar-refractivity contribution >= 4 is 17.5 Å². The number of imide groups is 1. The Labute approximate surface area is 144 Å². The highest BCUT2D eigenvalue weighted by atomic mass is 19.4. The van der Waals surface area contributed by atoms with Crippen LogP contribution in [0.4, 0.5) is 18.9 Å². The van der Waals surface area contributed by atoms with Gasteiger partial charge in [0.25, 0.3) is 0 Å². The Morgan fingerprint density at radius 2 is 1.56 bits per heavy atom. The standard InChI is InChI=1S/C17H20F3N3O2/c18-17(19,20)13-2-1-3-14(12-13)22-9-6-21(7-10-22)8-11-23-15(24)4-5-16(23)25/h1-3,12H,4-11H2. The molecule has 0 bridgehead atoms. The van der Waals surface area contributed by atoms with Crippen molar-refractivity contribution in [1.29, 1.82) is 0 Å². The minimum Gasteiger partial charge on any atom is -0.369 e. The zero-order chi connectivity index (χ0) is 18.0. The summed E-state index contributed by atoms with van der Waals surface area (Å²) in [6.07, 6.45) is -3.75. The number of benzene rings is 1. The molecule has 0 saturated carbocycles. The van der Waals surface area contributed by atoms with Crippen LogP contribution < -0.4 is 4.90 Å². The fraction of sp³-hybridized carbons (Fsp3) is 0.529. The van der Waals surface area contributed by atoms with Crippen LogP contribution >= 0.6 is 0 Å². The Morgan fingerprint density at radius 3 is 2.16 bits per heavy atom. The summed E-state index contributed by atoms with van der Waals surface area (Å²) in [5, 5.41) is 0.